The third kappa shape index (κ3) is 6.46. The van der Waals surface area contributed by atoms with Crippen molar-refractivity contribution in [1.29, 1.82) is 0 Å². The van der Waals surface area contributed by atoms with Crippen LogP contribution >= 0.6 is 11.6 Å². The van der Waals surface area contributed by atoms with Crippen molar-refractivity contribution < 1.29 is 23.4 Å². The van der Waals surface area contributed by atoms with E-state index in [4.69, 9.17) is 30.8 Å². The average Bonchev–Trinajstić information content (AvgIpc) is 3.26. The van der Waals surface area contributed by atoms with E-state index in [-0.39, 0.29) is 23.7 Å². The molecule has 3 heterocycles. The highest BCUT2D eigenvalue weighted by Gasteiger charge is 2.25. The third-order valence-electron chi connectivity index (χ3n) is 7.67. The number of carbonyl (C=O) groups excluding carboxylic acids is 1. The molecular weight excluding hydrogens is 557 g/mol. The topological polar surface area (TPSA) is 65.8 Å². The quantitative estimate of drug-likeness (QED) is 0.212. The summed E-state index contributed by atoms with van der Waals surface area (Å²) < 4.78 is 33.4. The molecule has 0 N–H and O–H groups in total. The van der Waals surface area contributed by atoms with Crippen LogP contribution < -0.4 is 4.74 Å². The van der Waals surface area contributed by atoms with Crippen LogP contribution in [0.25, 0.3) is 11.0 Å². The lowest BCUT2D eigenvalue weighted by Crippen LogP contribution is -2.34. The Bertz CT molecular complexity index is 1630. The molecule has 9 heteroatoms. The minimum atomic E-state index is -0.569. The number of halogens is 2. The minimum absolute atomic E-state index is 0.102. The Morgan fingerprint density at radius 2 is 1.95 bits per heavy atom. The molecule has 4 aromatic rings. The maximum absolute atomic E-state index is 13.8. The molecule has 2 aliphatic heterocycles. The molecule has 1 saturated heterocycles. The summed E-state index contributed by atoms with van der Waals surface area (Å²) in [5.74, 6) is 0.901. The molecule has 6 rings (SSSR count). The first-order valence-electron chi connectivity index (χ1n) is 14.4. The van der Waals surface area contributed by atoms with Gasteiger partial charge in [-0.1, -0.05) is 23.7 Å². The second-order valence-electron chi connectivity index (χ2n) is 12.1. The summed E-state index contributed by atoms with van der Waals surface area (Å²) in [6.07, 6.45) is 2.07. The molecule has 0 bridgehead atoms. The van der Waals surface area contributed by atoms with Gasteiger partial charge in [0.1, 0.15) is 29.6 Å². The van der Waals surface area contributed by atoms with Gasteiger partial charge in [-0.25, -0.2) is 14.2 Å². The van der Waals surface area contributed by atoms with Crippen LogP contribution in [0.2, 0.25) is 5.02 Å². The van der Waals surface area contributed by atoms with Crippen LogP contribution in [0.15, 0.2) is 54.6 Å². The highest BCUT2D eigenvalue weighted by Crippen LogP contribution is 2.28. The molecule has 0 aliphatic carbocycles. The molecule has 1 fully saturated rings. The second-order valence-corrected chi connectivity index (χ2v) is 12.5. The minimum Gasteiger partial charge on any atom is -0.489 e. The Hall–Kier alpha value is -3.46. The van der Waals surface area contributed by atoms with Crippen molar-refractivity contribution in [2.75, 3.05) is 13.2 Å². The molecule has 0 unspecified atom stereocenters. The molecule has 0 radical (unpaired) electrons. The number of esters is 1. The Kier molecular flexibility index (Phi) is 7.96. The van der Waals surface area contributed by atoms with Gasteiger partial charge in [-0.05, 0) is 92.8 Å². The van der Waals surface area contributed by atoms with Crippen molar-refractivity contribution in [3.63, 3.8) is 0 Å². The number of rotatable bonds is 8. The van der Waals surface area contributed by atoms with E-state index in [0.717, 1.165) is 60.7 Å². The van der Waals surface area contributed by atoms with Crippen LogP contribution in [-0.2, 0) is 42.1 Å². The monoisotopic (exact) mass is 591 g/mol. The fraction of sp³-hybridized carbons (Fsp3) is 0.394. The van der Waals surface area contributed by atoms with E-state index in [1.807, 2.05) is 39.0 Å². The first kappa shape index (κ1) is 28.6. The number of hydrogen-bond donors (Lipinski definition) is 0. The van der Waals surface area contributed by atoms with Gasteiger partial charge in [0.2, 0.25) is 0 Å². The van der Waals surface area contributed by atoms with Crippen molar-refractivity contribution >= 4 is 28.6 Å². The number of fused-ring (bicyclic) bond motifs is 2. The van der Waals surface area contributed by atoms with Gasteiger partial charge in [0.25, 0.3) is 0 Å². The first-order valence-corrected chi connectivity index (χ1v) is 14.7. The fourth-order valence-corrected chi connectivity index (χ4v) is 5.52. The normalized spacial score (nSPS) is 17.1. The first-order chi connectivity index (χ1) is 20.1. The number of benzene rings is 3. The molecule has 3 aromatic carbocycles. The Labute approximate surface area is 250 Å². The van der Waals surface area contributed by atoms with Crippen LogP contribution in [0.1, 0.15) is 60.1 Å². The molecule has 220 valence electrons. The van der Waals surface area contributed by atoms with Crippen LogP contribution in [0.4, 0.5) is 4.39 Å². The maximum Gasteiger partial charge on any atom is 0.338 e. The number of ether oxygens (including phenoxy) is 3. The highest BCUT2D eigenvalue weighted by molar-refractivity contribution is 6.30. The number of imidazole rings is 1. The summed E-state index contributed by atoms with van der Waals surface area (Å²) in [5, 5.41) is 0.102. The van der Waals surface area contributed by atoms with Gasteiger partial charge in [0, 0.05) is 19.7 Å². The van der Waals surface area contributed by atoms with Crippen molar-refractivity contribution in [2.45, 2.75) is 71.6 Å². The summed E-state index contributed by atoms with van der Waals surface area (Å²) in [6.45, 7) is 9.66. The summed E-state index contributed by atoms with van der Waals surface area (Å²) in [7, 11) is 0. The predicted molar refractivity (Wildman–Crippen MR) is 159 cm³/mol. The standard InChI is InChI=1S/C33H35ClFN3O4/c1-33(2,3)42-32(39)23-6-9-29-30(16-23)38(18-26-11-13-40-26)31(36-29)19-37-12-10-22-5-7-25(15-24(22)17-37)41-20-21-4-8-27(34)28(35)14-21/h4-9,14-16,26H,10-13,17-20H2,1-3H3/t26-/m0/s1. The van der Waals surface area contributed by atoms with Crippen LogP contribution in [0.3, 0.4) is 0 Å². The number of aromatic nitrogens is 2. The van der Waals surface area contributed by atoms with Gasteiger partial charge in [0.05, 0.1) is 40.8 Å². The van der Waals surface area contributed by atoms with Crippen LogP contribution in [-0.4, -0.2) is 45.3 Å². The number of carbonyl (C=O) groups is 1. The van der Waals surface area contributed by atoms with Gasteiger partial charge in [-0.15, -0.1) is 0 Å². The van der Waals surface area contributed by atoms with Crippen LogP contribution in [0.5, 0.6) is 5.75 Å². The molecule has 1 aromatic heterocycles. The smallest absolute Gasteiger partial charge is 0.338 e. The molecule has 2 aliphatic rings. The van der Waals surface area contributed by atoms with Gasteiger partial charge in [0.15, 0.2) is 0 Å². The van der Waals surface area contributed by atoms with E-state index in [1.165, 1.54) is 17.2 Å². The molecular formula is C33H35ClFN3O4. The average molecular weight is 592 g/mol. The predicted octanol–water partition coefficient (Wildman–Crippen LogP) is 6.71. The fourth-order valence-electron chi connectivity index (χ4n) is 5.41. The van der Waals surface area contributed by atoms with Crippen molar-refractivity contribution in [1.82, 2.24) is 14.5 Å². The van der Waals surface area contributed by atoms with E-state index in [9.17, 15) is 9.18 Å². The van der Waals surface area contributed by atoms with E-state index in [1.54, 1.807) is 18.2 Å². The lowest BCUT2D eigenvalue weighted by atomic mass is 9.99. The van der Waals surface area contributed by atoms with Gasteiger partial charge >= 0.3 is 5.97 Å². The SMILES string of the molecule is CC(C)(C)OC(=O)c1ccc2nc(CN3CCc4ccc(OCc5ccc(Cl)c(F)c5)cc4C3)n(C[C@@H]3CCO3)c2c1. The Morgan fingerprint density at radius 1 is 1.12 bits per heavy atom. The summed E-state index contributed by atoms with van der Waals surface area (Å²) in [6, 6.07) is 16.5. The Balaban J connectivity index is 1.20. The lowest BCUT2D eigenvalue weighted by Gasteiger charge is -2.30. The maximum atomic E-state index is 13.8. The lowest BCUT2D eigenvalue weighted by molar-refractivity contribution is -0.0592. The number of nitrogens with zero attached hydrogens (tertiary/aromatic N) is 3. The molecule has 7 nitrogen and oxygen atoms in total. The summed E-state index contributed by atoms with van der Waals surface area (Å²) in [4.78, 5) is 20.2. The summed E-state index contributed by atoms with van der Waals surface area (Å²) >= 11 is 5.81. The van der Waals surface area contributed by atoms with E-state index in [0.29, 0.717) is 18.7 Å². The van der Waals surface area contributed by atoms with E-state index in [2.05, 4.69) is 21.6 Å². The van der Waals surface area contributed by atoms with Gasteiger partial charge in [-0.3, -0.25) is 4.90 Å². The second kappa shape index (κ2) is 11.7. The highest BCUT2D eigenvalue weighted by atomic mass is 35.5. The molecule has 42 heavy (non-hydrogen) atoms. The third-order valence-corrected chi connectivity index (χ3v) is 7.97. The number of hydrogen-bond acceptors (Lipinski definition) is 6. The van der Waals surface area contributed by atoms with Crippen molar-refractivity contribution in [3.8, 4) is 5.75 Å². The van der Waals surface area contributed by atoms with Gasteiger partial charge < -0.3 is 18.8 Å². The van der Waals surface area contributed by atoms with Crippen molar-refractivity contribution in [2.24, 2.45) is 0 Å². The molecule has 1 atom stereocenters. The molecule has 0 saturated carbocycles. The van der Waals surface area contributed by atoms with E-state index >= 15 is 0 Å². The zero-order valence-corrected chi connectivity index (χ0v) is 24.9. The molecule has 0 spiro atoms. The zero-order chi connectivity index (χ0) is 29.4. The van der Waals surface area contributed by atoms with Crippen LogP contribution in [0, 0.1) is 5.82 Å². The zero-order valence-electron chi connectivity index (χ0n) is 24.2. The largest absolute Gasteiger partial charge is 0.489 e. The Morgan fingerprint density at radius 3 is 2.69 bits per heavy atom. The summed E-state index contributed by atoms with van der Waals surface area (Å²) in [5.41, 5.74) is 4.94. The van der Waals surface area contributed by atoms with E-state index < -0.39 is 11.4 Å². The van der Waals surface area contributed by atoms with Crippen molar-refractivity contribution in [3.05, 3.63) is 93.5 Å². The molecule has 0 amide bonds. The van der Waals surface area contributed by atoms with Gasteiger partial charge in [-0.2, -0.15) is 0 Å².